The minimum atomic E-state index is 0.786. The van der Waals surface area contributed by atoms with Crippen LogP contribution in [0.1, 0.15) is 23.7 Å². The summed E-state index contributed by atoms with van der Waals surface area (Å²) in [7, 11) is 0. The molecule has 4 nitrogen and oxygen atoms in total. The maximum Gasteiger partial charge on any atom is 0.0706 e. The van der Waals surface area contributed by atoms with Gasteiger partial charge in [0, 0.05) is 31.0 Å². The quantitative estimate of drug-likeness (QED) is 0.772. The number of rotatable bonds is 5. The van der Waals surface area contributed by atoms with Gasteiger partial charge in [-0.05, 0) is 30.2 Å². The maximum absolute atomic E-state index is 4.45. The molecule has 0 unspecified atom stereocenters. The van der Waals surface area contributed by atoms with E-state index >= 15 is 0 Å². The third-order valence-electron chi connectivity index (χ3n) is 3.48. The van der Waals surface area contributed by atoms with Gasteiger partial charge < -0.3 is 5.32 Å². The second kappa shape index (κ2) is 5.84. The molecule has 0 aliphatic carbocycles. The largest absolute Gasteiger partial charge is 0.307 e. The van der Waals surface area contributed by atoms with Crippen LogP contribution in [-0.2, 0) is 19.5 Å². The van der Waals surface area contributed by atoms with E-state index in [-0.39, 0.29) is 0 Å². The third-order valence-corrected chi connectivity index (χ3v) is 3.48. The lowest BCUT2D eigenvalue weighted by atomic mass is 10.1. The Morgan fingerprint density at radius 1 is 1.10 bits per heavy atom. The number of hydrogen-bond acceptors (Lipinski definition) is 3. The van der Waals surface area contributed by atoms with Crippen molar-refractivity contribution in [2.75, 3.05) is 0 Å². The van der Waals surface area contributed by atoms with Gasteiger partial charge >= 0.3 is 0 Å². The molecule has 102 valence electrons. The first-order chi connectivity index (χ1) is 9.88. The second-order valence-corrected chi connectivity index (χ2v) is 4.77. The Hall–Kier alpha value is -2.20. The van der Waals surface area contributed by atoms with Crippen LogP contribution in [-0.4, -0.2) is 14.6 Å². The molecule has 4 heteroatoms. The average molecular weight is 266 g/mol. The molecule has 0 aromatic carbocycles. The van der Waals surface area contributed by atoms with Crippen molar-refractivity contribution < 1.29 is 0 Å². The van der Waals surface area contributed by atoms with Crippen LogP contribution < -0.4 is 5.32 Å². The summed E-state index contributed by atoms with van der Waals surface area (Å²) < 4.78 is 1.90. The van der Waals surface area contributed by atoms with Crippen LogP contribution in [0.3, 0.4) is 0 Å². The van der Waals surface area contributed by atoms with Crippen molar-refractivity contribution in [2.24, 2.45) is 0 Å². The van der Waals surface area contributed by atoms with Gasteiger partial charge in [-0.25, -0.2) is 4.52 Å². The highest BCUT2D eigenvalue weighted by Gasteiger charge is 2.04. The summed E-state index contributed by atoms with van der Waals surface area (Å²) in [5.41, 5.74) is 4.79. The van der Waals surface area contributed by atoms with Gasteiger partial charge in [0.2, 0.25) is 0 Å². The van der Waals surface area contributed by atoms with Gasteiger partial charge in [-0.2, -0.15) is 5.10 Å². The lowest BCUT2D eigenvalue weighted by Gasteiger charge is -2.07. The molecule has 0 aliphatic rings. The van der Waals surface area contributed by atoms with Crippen molar-refractivity contribution in [3.8, 4) is 0 Å². The number of nitrogens with one attached hydrogen (secondary N) is 1. The standard InChI is InChI=1S/C16H18N4/c1-2-13-6-5-8-18-15(13)12-17-10-14-11-19-20-9-4-3-7-16(14)20/h3-9,11,17H,2,10,12H2,1H3. The number of aryl methyl sites for hydroxylation is 1. The Labute approximate surface area is 118 Å². The normalized spacial score (nSPS) is 11.1. The van der Waals surface area contributed by atoms with Gasteiger partial charge in [0.15, 0.2) is 0 Å². The molecule has 0 spiro atoms. The topological polar surface area (TPSA) is 42.2 Å². The second-order valence-electron chi connectivity index (χ2n) is 4.77. The lowest BCUT2D eigenvalue weighted by Crippen LogP contribution is -2.15. The fourth-order valence-electron chi connectivity index (χ4n) is 2.39. The molecule has 0 aliphatic heterocycles. The van der Waals surface area contributed by atoms with E-state index in [1.807, 2.05) is 41.3 Å². The molecule has 0 fully saturated rings. The summed E-state index contributed by atoms with van der Waals surface area (Å²) in [6, 6.07) is 10.2. The zero-order chi connectivity index (χ0) is 13.8. The summed E-state index contributed by atoms with van der Waals surface area (Å²) in [6.07, 6.45) is 6.75. The van der Waals surface area contributed by atoms with Crippen LogP contribution in [0.4, 0.5) is 0 Å². The van der Waals surface area contributed by atoms with E-state index < -0.39 is 0 Å². The van der Waals surface area contributed by atoms with Crippen LogP contribution >= 0.6 is 0 Å². The van der Waals surface area contributed by atoms with Gasteiger partial charge in [-0.15, -0.1) is 0 Å². The van der Waals surface area contributed by atoms with E-state index in [1.54, 1.807) is 0 Å². The molecule has 0 saturated carbocycles. The molecule has 0 atom stereocenters. The molecule has 0 bridgehead atoms. The van der Waals surface area contributed by atoms with Gasteiger partial charge in [-0.3, -0.25) is 4.98 Å². The molecular formula is C16H18N4. The predicted octanol–water partition coefficient (Wildman–Crippen LogP) is 2.58. The Morgan fingerprint density at radius 3 is 2.95 bits per heavy atom. The Kier molecular flexibility index (Phi) is 3.74. The summed E-state index contributed by atoms with van der Waals surface area (Å²) in [4.78, 5) is 4.45. The lowest BCUT2D eigenvalue weighted by molar-refractivity contribution is 0.676. The van der Waals surface area contributed by atoms with Crippen LogP contribution in [0.15, 0.2) is 48.9 Å². The minimum absolute atomic E-state index is 0.786. The number of aromatic nitrogens is 3. The van der Waals surface area contributed by atoms with Crippen LogP contribution in [0.2, 0.25) is 0 Å². The summed E-state index contributed by atoms with van der Waals surface area (Å²) in [5.74, 6) is 0. The molecule has 3 heterocycles. The Morgan fingerprint density at radius 2 is 2.05 bits per heavy atom. The van der Waals surface area contributed by atoms with E-state index in [9.17, 15) is 0 Å². The first-order valence-corrected chi connectivity index (χ1v) is 6.93. The summed E-state index contributed by atoms with van der Waals surface area (Å²) in [6.45, 7) is 3.74. The van der Waals surface area contributed by atoms with E-state index in [2.05, 4.69) is 34.5 Å². The van der Waals surface area contributed by atoms with Crippen molar-refractivity contribution in [3.05, 3.63) is 65.7 Å². The van der Waals surface area contributed by atoms with Crippen molar-refractivity contribution in [3.63, 3.8) is 0 Å². The SMILES string of the molecule is CCc1cccnc1CNCc1cnn2ccccc12. The first kappa shape index (κ1) is 12.8. The average Bonchev–Trinajstić information content (AvgIpc) is 2.91. The van der Waals surface area contributed by atoms with Crippen LogP contribution in [0.25, 0.3) is 5.52 Å². The van der Waals surface area contributed by atoms with Crippen LogP contribution in [0.5, 0.6) is 0 Å². The summed E-state index contributed by atoms with van der Waals surface area (Å²) in [5, 5.41) is 7.79. The van der Waals surface area contributed by atoms with Crippen molar-refractivity contribution >= 4 is 5.52 Å². The third kappa shape index (κ3) is 2.56. The molecule has 3 aromatic rings. The number of nitrogens with zero attached hydrogens (tertiary/aromatic N) is 3. The van der Waals surface area contributed by atoms with Gasteiger partial charge in [0.1, 0.15) is 0 Å². The molecular weight excluding hydrogens is 248 g/mol. The van der Waals surface area contributed by atoms with Crippen molar-refractivity contribution in [1.82, 2.24) is 19.9 Å². The molecule has 0 amide bonds. The molecule has 3 aromatic heterocycles. The fraction of sp³-hybridized carbons (Fsp3) is 0.250. The van der Waals surface area contributed by atoms with Gasteiger partial charge in [0.25, 0.3) is 0 Å². The van der Waals surface area contributed by atoms with Crippen molar-refractivity contribution in [2.45, 2.75) is 26.4 Å². The zero-order valence-electron chi connectivity index (χ0n) is 11.6. The zero-order valence-corrected chi connectivity index (χ0v) is 11.6. The van der Waals surface area contributed by atoms with E-state index in [0.29, 0.717) is 0 Å². The first-order valence-electron chi connectivity index (χ1n) is 6.93. The Bertz CT molecular complexity index is 702. The minimum Gasteiger partial charge on any atom is -0.307 e. The number of hydrogen-bond donors (Lipinski definition) is 1. The van der Waals surface area contributed by atoms with E-state index in [4.69, 9.17) is 0 Å². The van der Waals surface area contributed by atoms with E-state index in [0.717, 1.165) is 30.7 Å². The fourth-order valence-corrected chi connectivity index (χ4v) is 2.39. The smallest absolute Gasteiger partial charge is 0.0706 e. The Balaban J connectivity index is 1.68. The van der Waals surface area contributed by atoms with Crippen molar-refractivity contribution in [1.29, 1.82) is 0 Å². The number of fused-ring (bicyclic) bond motifs is 1. The molecule has 0 radical (unpaired) electrons. The number of pyridine rings is 2. The molecule has 0 saturated heterocycles. The monoisotopic (exact) mass is 266 g/mol. The van der Waals surface area contributed by atoms with Crippen LogP contribution in [0, 0.1) is 0 Å². The van der Waals surface area contributed by atoms with E-state index in [1.165, 1.54) is 11.1 Å². The predicted molar refractivity (Wildman–Crippen MR) is 79.4 cm³/mol. The molecule has 3 rings (SSSR count). The highest BCUT2D eigenvalue weighted by molar-refractivity contribution is 5.53. The highest BCUT2D eigenvalue weighted by atomic mass is 15.2. The van der Waals surface area contributed by atoms with Gasteiger partial charge in [-0.1, -0.05) is 19.1 Å². The molecule has 20 heavy (non-hydrogen) atoms. The summed E-state index contributed by atoms with van der Waals surface area (Å²) >= 11 is 0. The molecule has 1 N–H and O–H groups in total. The maximum atomic E-state index is 4.45. The van der Waals surface area contributed by atoms with Gasteiger partial charge in [0.05, 0.1) is 17.4 Å². The highest BCUT2D eigenvalue weighted by Crippen LogP contribution is 2.10.